The maximum atomic E-state index is 12.9. The first-order valence-corrected chi connectivity index (χ1v) is 9.03. The molecule has 0 saturated heterocycles. The minimum atomic E-state index is -0.556. The van der Waals surface area contributed by atoms with E-state index in [1.54, 1.807) is 6.92 Å². The quantitative estimate of drug-likeness (QED) is 0.445. The topological polar surface area (TPSA) is 57.9 Å². The van der Waals surface area contributed by atoms with Crippen molar-refractivity contribution < 1.29 is 9.53 Å². The molecule has 4 nitrogen and oxygen atoms in total. The van der Waals surface area contributed by atoms with Crippen LogP contribution in [0.5, 0.6) is 0 Å². The highest BCUT2D eigenvalue weighted by Gasteiger charge is 2.29. The van der Waals surface area contributed by atoms with Crippen LogP contribution in [0.4, 0.5) is 0 Å². The predicted molar refractivity (Wildman–Crippen MR) is 105 cm³/mol. The predicted octanol–water partition coefficient (Wildman–Crippen LogP) is 5.65. The van der Waals surface area contributed by atoms with Gasteiger partial charge in [0.25, 0.3) is 0 Å². The minimum absolute atomic E-state index is 0.292. The van der Waals surface area contributed by atoms with Crippen LogP contribution < -0.4 is 0 Å². The number of fused-ring (bicyclic) bond motifs is 2. The molecule has 4 aromatic rings. The van der Waals surface area contributed by atoms with Crippen molar-refractivity contribution in [3.63, 3.8) is 0 Å². The Balaban J connectivity index is 1.93. The Bertz CT molecular complexity index is 1030. The van der Waals surface area contributed by atoms with Crippen molar-refractivity contribution in [2.24, 2.45) is 0 Å². The Labute approximate surface area is 160 Å². The zero-order chi connectivity index (χ0) is 18.3. The number of rotatable bonds is 4. The van der Waals surface area contributed by atoms with E-state index in [0.717, 1.165) is 32.9 Å². The molecule has 0 fully saturated rings. The van der Waals surface area contributed by atoms with Crippen LogP contribution in [0.2, 0.25) is 10.0 Å². The lowest BCUT2D eigenvalue weighted by Gasteiger charge is -2.15. The summed E-state index contributed by atoms with van der Waals surface area (Å²) < 4.78 is 5.38. The molecule has 2 N–H and O–H groups in total. The van der Waals surface area contributed by atoms with Gasteiger partial charge in [-0.2, -0.15) is 0 Å². The third-order valence-electron chi connectivity index (χ3n) is 4.50. The van der Waals surface area contributed by atoms with Gasteiger partial charge in [-0.15, -0.1) is 0 Å². The molecule has 0 amide bonds. The standard InChI is InChI=1S/C20H16Cl2N2O2/c1-2-26-20(25)19(15-9-23-17-7-11(21)3-5-13(15)17)16-10-24-18-8-12(22)4-6-14(16)18/h3-10,19,23-24H,2H2,1H3. The van der Waals surface area contributed by atoms with Gasteiger partial charge in [-0.3, -0.25) is 4.79 Å². The van der Waals surface area contributed by atoms with Gasteiger partial charge >= 0.3 is 5.97 Å². The van der Waals surface area contributed by atoms with E-state index < -0.39 is 5.92 Å². The van der Waals surface area contributed by atoms with Crippen LogP contribution in [0.15, 0.2) is 48.8 Å². The molecule has 0 atom stereocenters. The van der Waals surface area contributed by atoms with Gasteiger partial charge in [0.05, 0.1) is 6.61 Å². The smallest absolute Gasteiger partial charge is 0.318 e. The van der Waals surface area contributed by atoms with Crippen LogP contribution in [0.3, 0.4) is 0 Å². The van der Waals surface area contributed by atoms with Crippen molar-refractivity contribution in [1.82, 2.24) is 9.97 Å². The van der Waals surface area contributed by atoms with E-state index in [9.17, 15) is 4.79 Å². The lowest BCUT2D eigenvalue weighted by atomic mass is 9.90. The number of aromatic nitrogens is 2. The first-order chi connectivity index (χ1) is 12.6. The van der Waals surface area contributed by atoms with Crippen LogP contribution in [-0.4, -0.2) is 22.5 Å². The van der Waals surface area contributed by atoms with E-state index in [1.807, 2.05) is 48.8 Å². The molecule has 6 heteroatoms. The normalized spacial score (nSPS) is 11.5. The number of hydrogen-bond acceptors (Lipinski definition) is 2. The van der Waals surface area contributed by atoms with Gasteiger partial charge in [-0.25, -0.2) is 0 Å². The summed E-state index contributed by atoms with van der Waals surface area (Å²) in [4.78, 5) is 19.3. The second-order valence-corrected chi connectivity index (χ2v) is 6.93. The number of ether oxygens (including phenoxy) is 1. The molecule has 132 valence electrons. The molecule has 26 heavy (non-hydrogen) atoms. The third-order valence-corrected chi connectivity index (χ3v) is 4.97. The molecule has 0 saturated carbocycles. The van der Waals surface area contributed by atoms with E-state index in [2.05, 4.69) is 9.97 Å². The number of halogens is 2. The highest BCUT2D eigenvalue weighted by Crippen LogP contribution is 2.36. The summed E-state index contributed by atoms with van der Waals surface area (Å²) in [7, 11) is 0. The Kier molecular flexibility index (Phi) is 4.39. The molecule has 2 aromatic carbocycles. The van der Waals surface area contributed by atoms with Gasteiger partial charge in [-0.05, 0) is 42.3 Å². The monoisotopic (exact) mass is 386 g/mol. The van der Waals surface area contributed by atoms with Crippen molar-refractivity contribution in [3.8, 4) is 0 Å². The molecule has 2 heterocycles. The molecular formula is C20H16Cl2N2O2. The Morgan fingerprint density at radius 3 is 1.92 bits per heavy atom. The summed E-state index contributed by atoms with van der Waals surface area (Å²) in [5, 5.41) is 3.16. The van der Waals surface area contributed by atoms with Crippen LogP contribution in [0, 0.1) is 0 Å². The molecule has 0 unspecified atom stereocenters. The molecule has 2 aromatic heterocycles. The minimum Gasteiger partial charge on any atom is -0.465 e. The maximum absolute atomic E-state index is 12.9. The van der Waals surface area contributed by atoms with Crippen LogP contribution in [-0.2, 0) is 9.53 Å². The number of benzene rings is 2. The lowest BCUT2D eigenvalue weighted by Crippen LogP contribution is -2.16. The number of hydrogen-bond donors (Lipinski definition) is 2. The van der Waals surface area contributed by atoms with E-state index >= 15 is 0 Å². The number of H-pyrrole nitrogens is 2. The molecular weight excluding hydrogens is 371 g/mol. The molecule has 4 rings (SSSR count). The van der Waals surface area contributed by atoms with Crippen LogP contribution in [0.1, 0.15) is 24.0 Å². The van der Waals surface area contributed by atoms with Gasteiger partial charge in [0, 0.05) is 44.2 Å². The van der Waals surface area contributed by atoms with Crippen molar-refractivity contribution in [2.45, 2.75) is 12.8 Å². The molecule has 0 aliphatic heterocycles. The highest BCUT2D eigenvalue weighted by atomic mass is 35.5. The van der Waals surface area contributed by atoms with Gasteiger partial charge in [-0.1, -0.05) is 35.3 Å². The molecule has 0 aliphatic carbocycles. The van der Waals surface area contributed by atoms with E-state index in [4.69, 9.17) is 27.9 Å². The largest absolute Gasteiger partial charge is 0.465 e. The molecule has 0 radical (unpaired) electrons. The van der Waals surface area contributed by atoms with Gasteiger partial charge in [0.1, 0.15) is 5.92 Å². The number of esters is 1. The summed E-state index contributed by atoms with van der Waals surface area (Å²) in [5.41, 5.74) is 3.46. The second kappa shape index (κ2) is 6.71. The second-order valence-electron chi connectivity index (χ2n) is 6.05. The summed E-state index contributed by atoms with van der Waals surface area (Å²) in [6.45, 7) is 2.12. The fourth-order valence-corrected chi connectivity index (χ4v) is 3.71. The SMILES string of the molecule is CCOC(=O)C(c1c[nH]c2cc(Cl)ccc12)c1c[nH]c2cc(Cl)ccc12. The first-order valence-electron chi connectivity index (χ1n) is 8.28. The van der Waals surface area contributed by atoms with Crippen molar-refractivity contribution in [2.75, 3.05) is 6.61 Å². The zero-order valence-corrected chi connectivity index (χ0v) is 15.5. The number of carbonyl (C=O) groups is 1. The van der Waals surface area contributed by atoms with Crippen molar-refractivity contribution >= 4 is 51.0 Å². The summed E-state index contributed by atoms with van der Waals surface area (Å²) in [6.07, 6.45) is 3.69. The van der Waals surface area contributed by atoms with Crippen LogP contribution in [0.25, 0.3) is 21.8 Å². The molecule has 0 spiro atoms. The first kappa shape index (κ1) is 17.0. The average molecular weight is 387 g/mol. The number of nitrogens with one attached hydrogen (secondary N) is 2. The zero-order valence-electron chi connectivity index (χ0n) is 14.0. The van der Waals surface area contributed by atoms with Gasteiger partial charge in [0.15, 0.2) is 0 Å². The number of carbonyl (C=O) groups excluding carboxylic acids is 1. The Hall–Kier alpha value is -2.43. The van der Waals surface area contributed by atoms with Crippen molar-refractivity contribution in [1.29, 1.82) is 0 Å². The van der Waals surface area contributed by atoms with Crippen molar-refractivity contribution in [3.05, 3.63) is 70.0 Å². The molecule has 0 aliphatic rings. The molecule has 0 bridgehead atoms. The van der Waals surface area contributed by atoms with E-state index in [-0.39, 0.29) is 5.97 Å². The maximum Gasteiger partial charge on any atom is 0.318 e. The fourth-order valence-electron chi connectivity index (χ4n) is 3.37. The fraction of sp³-hybridized carbons (Fsp3) is 0.150. The summed E-state index contributed by atoms with van der Waals surface area (Å²) >= 11 is 12.2. The lowest BCUT2D eigenvalue weighted by molar-refractivity contribution is -0.143. The van der Waals surface area contributed by atoms with E-state index in [1.165, 1.54) is 0 Å². The van der Waals surface area contributed by atoms with E-state index in [0.29, 0.717) is 16.7 Å². The van der Waals surface area contributed by atoms with Gasteiger partial charge < -0.3 is 14.7 Å². The average Bonchev–Trinajstić information content (AvgIpc) is 3.20. The summed E-state index contributed by atoms with van der Waals surface area (Å²) in [6, 6.07) is 11.2. The summed E-state index contributed by atoms with van der Waals surface area (Å²) in [5.74, 6) is -0.848. The number of aromatic amines is 2. The third kappa shape index (κ3) is 2.85. The highest BCUT2D eigenvalue weighted by molar-refractivity contribution is 6.31. The Morgan fingerprint density at radius 2 is 1.46 bits per heavy atom. The van der Waals surface area contributed by atoms with Gasteiger partial charge in [0.2, 0.25) is 0 Å². The Morgan fingerprint density at radius 1 is 0.962 bits per heavy atom. The van der Waals surface area contributed by atoms with Crippen LogP contribution >= 0.6 is 23.2 Å².